The van der Waals surface area contributed by atoms with Gasteiger partial charge in [-0.15, -0.1) is 0 Å². The van der Waals surface area contributed by atoms with Crippen molar-refractivity contribution in [1.29, 1.82) is 0 Å². The van der Waals surface area contributed by atoms with Crippen LogP contribution in [0.15, 0.2) is 77.7 Å². The number of benzene rings is 3. The van der Waals surface area contributed by atoms with Crippen LogP contribution in [0.1, 0.15) is 11.1 Å². The van der Waals surface area contributed by atoms with Crippen molar-refractivity contribution in [2.75, 3.05) is 11.9 Å². The van der Waals surface area contributed by atoms with Crippen molar-refractivity contribution in [1.82, 2.24) is 4.90 Å². The van der Waals surface area contributed by atoms with Crippen LogP contribution in [0.2, 0.25) is 10.0 Å². The van der Waals surface area contributed by atoms with Crippen molar-refractivity contribution in [2.24, 2.45) is 0 Å². The summed E-state index contributed by atoms with van der Waals surface area (Å²) in [6.45, 7) is 0.110. The predicted octanol–water partition coefficient (Wildman–Crippen LogP) is 7.00. The summed E-state index contributed by atoms with van der Waals surface area (Å²) in [6.07, 6.45) is 1.74. The van der Waals surface area contributed by atoms with Gasteiger partial charge in [0.05, 0.1) is 11.4 Å². The van der Waals surface area contributed by atoms with Crippen molar-refractivity contribution in [2.45, 2.75) is 6.54 Å². The van der Waals surface area contributed by atoms with Gasteiger partial charge in [0.25, 0.3) is 11.1 Å². The zero-order valence-electron chi connectivity index (χ0n) is 16.6. The van der Waals surface area contributed by atoms with E-state index in [1.54, 1.807) is 24.3 Å². The summed E-state index contributed by atoms with van der Waals surface area (Å²) in [5.74, 6) is -0.327. The zero-order chi connectivity index (χ0) is 22.0. The van der Waals surface area contributed by atoms with E-state index in [1.807, 2.05) is 61.6 Å². The van der Waals surface area contributed by atoms with Crippen LogP contribution in [0.25, 0.3) is 6.08 Å². The largest absolute Gasteiger partial charge is 0.345 e. The number of nitrogens with zero attached hydrogens (tertiary/aromatic N) is 2. The summed E-state index contributed by atoms with van der Waals surface area (Å²) in [4.78, 5) is 28.9. The molecule has 3 aromatic carbocycles. The monoisotopic (exact) mass is 468 g/mol. The van der Waals surface area contributed by atoms with Gasteiger partial charge < -0.3 is 4.90 Å². The highest BCUT2D eigenvalue weighted by Crippen LogP contribution is 2.35. The van der Waals surface area contributed by atoms with Crippen LogP contribution in [0, 0.1) is 0 Å². The van der Waals surface area contributed by atoms with Gasteiger partial charge in [-0.25, -0.2) is 0 Å². The molecule has 0 spiro atoms. The van der Waals surface area contributed by atoms with Crippen LogP contribution in [0.4, 0.5) is 16.2 Å². The molecule has 0 atom stereocenters. The Morgan fingerprint density at radius 2 is 1.61 bits per heavy atom. The van der Waals surface area contributed by atoms with E-state index in [0.717, 1.165) is 28.7 Å². The number of rotatable bonds is 5. The van der Waals surface area contributed by atoms with E-state index in [0.29, 0.717) is 20.5 Å². The molecule has 2 amide bonds. The second-order valence-corrected chi connectivity index (χ2v) is 8.83. The molecule has 4 nitrogen and oxygen atoms in total. The van der Waals surface area contributed by atoms with Crippen LogP contribution in [-0.2, 0) is 11.3 Å². The Morgan fingerprint density at radius 1 is 0.935 bits per heavy atom. The summed E-state index contributed by atoms with van der Waals surface area (Å²) in [5.41, 5.74) is 3.62. The standard InChI is InChI=1S/C24H18Cl2N2O2S/c1-27(19-5-3-2-4-6-19)20-11-7-16(8-12-20)13-22-23(29)28(24(30)31-22)15-17-9-10-18(25)14-21(17)26/h2-14H,15H2,1H3/b22-13-. The Morgan fingerprint density at radius 3 is 2.29 bits per heavy atom. The molecule has 1 aliphatic heterocycles. The Hall–Kier alpha value is -2.73. The first kappa shape index (κ1) is 21.5. The summed E-state index contributed by atoms with van der Waals surface area (Å²) in [5, 5.41) is 0.612. The average molecular weight is 469 g/mol. The SMILES string of the molecule is CN(c1ccccc1)c1ccc(/C=C2\SC(=O)N(Cc3ccc(Cl)cc3Cl)C2=O)cc1. The maximum atomic E-state index is 12.8. The van der Waals surface area contributed by atoms with Crippen molar-refractivity contribution in [3.05, 3.63) is 98.9 Å². The van der Waals surface area contributed by atoms with Crippen LogP contribution >= 0.6 is 35.0 Å². The summed E-state index contributed by atoms with van der Waals surface area (Å²) < 4.78 is 0. The molecule has 0 radical (unpaired) electrons. The van der Waals surface area contributed by atoms with Crippen molar-refractivity contribution < 1.29 is 9.59 Å². The number of anilines is 2. The fourth-order valence-corrected chi connectivity index (χ4v) is 4.51. The maximum Gasteiger partial charge on any atom is 0.293 e. The van der Waals surface area contributed by atoms with Crippen LogP contribution in [0.5, 0.6) is 0 Å². The number of carbonyl (C=O) groups excluding carboxylic acids is 2. The van der Waals surface area contributed by atoms with Crippen molar-refractivity contribution in [3.63, 3.8) is 0 Å². The quantitative estimate of drug-likeness (QED) is 0.378. The molecular weight excluding hydrogens is 451 g/mol. The van der Waals surface area contributed by atoms with Crippen molar-refractivity contribution >= 4 is 63.6 Å². The fraction of sp³-hybridized carbons (Fsp3) is 0.0833. The fourth-order valence-electron chi connectivity index (χ4n) is 3.20. The second kappa shape index (κ2) is 9.18. The molecule has 31 heavy (non-hydrogen) atoms. The van der Waals surface area contributed by atoms with Crippen LogP contribution in [-0.4, -0.2) is 23.1 Å². The number of amides is 2. The van der Waals surface area contributed by atoms with E-state index in [-0.39, 0.29) is 17.7 Å². The Labute approximate surface area is 195 Å². The normalized spacial score (nSPS) is 15.1. The smallest absolute Gasteiger partial charge is 0.293 e. The number of thioether (sulfide) groups is 1. The number of carbonyl (C=O) groups is 2. The average Bonchev–Trinajstić information content (AvgIpc) is 3.03. The minimum absolute atomic E-state index is 0.110. The van der Waals surface area contributed by atoms with Crippen LogP contribution in [0.3, 0.4) is 0 Å². The Balaban J connectivity index is 1.50. The van der Waals surface area contributed by atoms with E-state index < -0.39 is 0 Å². The molecule has 0 unspecified atom stereocenters. The molecule has 1 fully saturated rings. The molecule has 0 N–H and O–H groups in total. The molecule has 0 saturated carbocycles. The lowest BCUT2D eigenvalue weighted by atomic mass is 10.1. The first-order valence-corrected chi connectivity index (χ1v) is 11.1. The van der Waals surface area contributed by atoms with E-state index in [4.69, 9.17) is 23.2 Å². The Bertz CT molecular complexity index is 1160. The van der Waals surface area contributed by atoms with E-state index in [1.165, 1.54) is 4.90 Å². The van der Waals surface area contributed by atoms with Crippen LogP contribution < -0.4 is 4.90 Å². The first-order chi connectivity index (χ1) is 14.9. The van der Waals surface area contributed by atoms with Gasteiger partial charge in [0.15, 0.2) is 0 Å². The lowest BCUT2D eigenvalue weighted by Gasteiger charge is -2.19. The van der Waals surface area contributed by atoms with E-state index >= 15 is 0 Å². The van der Waals surface area contributed by atoms with Gasteiger partial charge in [0, 0.05) is 28.5 Å². The number of hydrogen-bond acceptors (Lipinski definition) is 4. The number of para-hydroxylation sites is 1. The van der Waals surface area contributed by atoms with Gasteiger partial charge in [-0.1, -0.05) is 59.6 Å². The van der Waals surface area contributed by atoms with Gasteiger partial charge in [0.2, 0.25) is 0 Å². The molecule has 0 aromatic heterocycles. The van der Waals surface area contributed by atoms with E-state index in [2.05, 4.69) is 4.90 Å². The third kappa shape index (κ3) is 4.79. The maximum absolute atomic E-state index is 12.8. The lowest BCUT2D eigenvalue weighted by Crippen LogP contribution is -2.27. The molecule has 156 valence electrons. The number of halogens is 2. The molecule has 4 rings (SSSR count). The highest BCUT2D eigenvalue weighted by atomic mass is 35.5. The third-order valence-corrected chi connectivity index (χ3v) is 6.43. The van der Waals surface area contributed by atoms with Gasteiger partial charge in [-0.05, 0) is 65.4 Å². The van der Waals surface area contributed by atoms with Gasteiger partial charge in [-0.2, -0.15) is 0 Å². The van der Waals surface area contributed by atoms with E-state index in [9.17, 15) is 9.59 Å². The van der Waals surface area contributed by atoms with Gasteiger partial charge >= 0.3 is 0 Å². The molecule has 7 heteroatoms. The minimum atomic E-state index is -0.327. The molecule has 1 heterocycles. The summed E-state index contributed by atoms with van der Waals surface area (Å²) in [6, 6.07) is 22.9. The molecule has 1 aliphatic rings. The molecule has 1 saturated heterocycles. The molecule has 0 bridgehead atoms. The van der Waals surface area contributed by atoms with Crippen molar-refractivity contribution in [3.8, 4) is 0 Å². The minimum Gasteiger partial charge on any atom is -0.345 e. The highest BCUT2D eigenvalue weighted by molar-refractivity contribution is 8.18. The number of hydrogen-bond donors (Lipinski definition) is 0. The predicted molar refractivity (Wildman–Crippen MR) is 129 cm³/mol. The molecule has 0 aliphatic carbocycles. The zero-order valence-corrected chi connectivity index (χ0v) is 18.9. The molecule has 3 aromatic rings. The first-order valence-electron chi connectivity index (χ1n) is 9.50. The third-order valence-electron chi connectivity index (χ3n) is 4.94. The van der Waals surface area contributed by atoms with Gasteiger partial charge in [0.1, 0.15) is 0 Å². The topological polar surface area (TPSA) is 40.6 Å². The lowest BCUT2D eigenvalue weighted by molar-refractivity contribution is -0.123. The number of imide groups is 1. The Kier molecular flexibility index (Phi) is 6.37. The van der Waals surface area contributed by atoms with Gasteiger partial charge in [-0.3, -0.25) is 14.5 Å². The summed E-state index contributed by atoms with van der Waals surface area (Å²) in [7, 11) is 2.00. The molecular formula is C24H18Cl2N2O2S. The second-order valence-electron chi connectivity index (χ2n) is 6.99. The summed E-state index contributed by atoms with van der Waals surface area (Å²) >= 11 is 13.0. The highest BCUT2D eigenvalue weighted by Gasteiger charge is 2.35.